The van der Waals surface area contributed by atoms with Crippen molar-refractivity contribution >= 4 is 21.8 Å². The summed E-state index contributed by atoms with van der Waals surface area (Å²) in [5, 5.41) is 2.41. The quantitative estimate of drug-likeness (QED) is 0.416. The fourth-order valence-electron chi connectivity index (χ4n) is 3.36. The number of ether oxygens (including phenoxy) is 2. The molecule has 134 valence electrons. The number of benzene rings is 2. The van der Waals surface area contributed by atoms with Gasteiger partial charge in [0, 0.05) is 35.3 Å². The summed E-state index contributed by atoms with van der Waals surface area (Å²) in [5.74, 6) is 1.88. The van der Waals surface area contributed by atoms with E-state index in [1.165, 1.54) is 21.9 Å². The highest BCUT2D eigenvalue weighted by molar-refractivity contribution is 5.84. The van der Waals surface area contributed by atoms with E-state index >= 15 is 0 Å². The van der Waals surface area contributed by atoms with Gasteiger partial charge in [0.15, 0.2) is 0 Å². The van der Waals surface area contributed by atoms with E-state index in [0.29, 0.717) is 13.2 Å². The molecule has 0 atom stereocenters. The Morgan fingerprint density at radius 2 is 1.69 bits per heavy atom. The van der Waals surface area contributed by atoms with Crippen LogP contribution >= 0.6 is 0 Å². The van der Waals surface area contributed by atoms with E-state index in [9.17, 15) is 0 Å². The molecule has 0 amide bonds. The zero-order valence-electron chi connectivity index (χ0n) is 15.0. The molecule has 4 aromatic rings. The van der Waals surface area contributed by atoms with E-state index < -0.39 is 0 Å². The summed E-state index contributed by atoms with van der Waals surface area (Å²) in [6.07, 6.45) is 6.89. The van der Waals surface area contributed by atoms with Crippen molar-refractivity contribution in [2.75, 3.05) is 13.2 Å². The van der Waals surface area contributed by atoms with E-state index in [0.717, 1.165) is 36.3 Å². The van der Waals surface area contributed by atoms with E-state index in [2.05, 4.69) is 47.2 Å². The van der Waals surface area contributed by atoms with Crippen LogP contribution in [0.4, 0.5) is 0 Å². The highest BCUT2D eigenvalue weighted by Crippen LogP contribution is 2.28. The van der Waals surface area contributed by atoms with E-state index in [1.807, 2.05) is 24.5 Å². The first-order chi connectivity index (χ1) is 12.8. The Labute approximate surface area is 153 Å². The van der Waals surface area contributed by atoms with Gasteiger partial charge in [-0.25, -0.2) is 0 Å². The Balaban J connectivity index is 1.33. The molecule has 4 heteroatoms. The summed E-state index contributed by atoms with van der Waals surface area (Å²) < 4.78 is 11.9. The molecular formula is C22H24N2O2. The van der Waals surface area contributed by atoms with Gasteiger partial charge >= 0.3 is 0 Å². The van der Waals surface area contributed by atoms with Gasteiger partial charge in [0.2, 0.25) is 0 Å². The molecule has 0 spiro atoms. The molecule has 26 heavy (non-hydrogen) atoms. The molecular weight excluding hydrogens is 324 g/mol. The minimum absolute atomic E-state index is 0.643. The molecule has 2 heterocycles. The zero-order valence-corrected chi connectivity index (χ0v) is 15.0. The zero-order chi connectivity index (χ0) is 17.8. The normalized spacial score (nSPS) is 11.3. The first-order valence-corrected chi connectivity index (χ1v) is 9.27. The average molecular weight is 348 g/mol. The minimum atomic E-state index is 0.643. The maximum absolute atomic E-state index is 6.06. The van der Waals surface area contributed by atoms with Crippen LogP contribution in [0.2, 0.25) is 0 Å². The largest absolute Gasteiger partial charge is 0.493 e. The highest BCUT2D eigenvalue weighted by Gasteiger charge is 2.09. The molecule has 2 aromatic carbocycles. The van der Waals surface area contributed by atoms with Crippen molar-refractivity contribution in [2.24, 2.45) is 0 Å². The van der Waals surface area contributed by atoms with Crippen molar-refractivity contribution in [1.29, 1.82) is 0 Å². The molecule has 0 saturated heterocycles. The SMILES string of the molecule is CCCc1c(OCCCOc2ccc3[nH]ccc3c2)ccc2cc[nH]c12. The average Bonchev–Trinajstić information content (AvgIpc) is 3.31. The third kappa shape index (κ3) is 3.40. The van der Waals surface area contributed by atoms with Gasteiger partial charge in [0.1, 0.15) is 11.5 Å². The minimum Gasteiger partial charge on any atom is -0.493 e. The predicted octanol–water partition coefficient (Wildman–Crippen LogP) is 5.45. The van der Waals surface area contributed by atoms with Crippen LogP contribution in [-0.2, 0) is 6.42 Å². The Hall–Kier alpha value is -2.88. The van der Waals surface area contributed by atoms with Gasteiger partial charge in [-0.1, -0.05) is 13.3 Å². The van der Waals surface area contributed by atoms with Crippen LogP contribution in [0.25, 0.3) is 21.8 Å². The third-order valence-electron chi connectivity index (χ3n) is 4.63. The van der Waals surface area contributed by atoms with Gasteiger partial charge in [0.05, 0.1) is 18.7 Å². The number of nitrogens with one attached hydrogen (secondary N) is 2. The molecule has 0 bridgehead atoms. The Morgan fingerprint density at radius 1 is 0.846 bits per heavy atom. The maximum Gasteiger partial charge on any atom is 0.124 e. The summed E-state index contributed by atoms with van der Waals surface area (Å²) in [4.78, 5) is 6.53. The van der Waals surface area contributed by atoms with Gasteiger partial charge in [0.25, 0.3) is 0 Å². The summed E-state index contributed by atoms with van der Waals surface area (Å²) in [5.41, 5.74) is 3.60. The van der Waals surface area contributed by atoms with Gasteiger partial charge < -0.3 is 19.4 Å². The number of hydrogen-bond donors (Lipinski definition) is 2. The van der Waals surface area contributed by atoms with E-state index in [1.54, 1.807) is 0 Å². The topological polar surface area (TPSA) is 50.0 Å². The molecule has 0 saturated carbocycles. The number of fused-ring (bicyclic) bond motifs is 2. The van der Waals surface area contributed by atoms with Crippen LogP contribution in [0.1, 0.15) is 25.3 Å². The number of H-pyrrole nitrogens is 2. The van der Waals surface area contributed by atoms with Crippen LogP contribution in [0.5, 0.6) is 11.5 Å². The highest BCUT2D eigenvalue weighted by atomic mass is 16.5. The van der Waals surface area contributed by atoms with Gasteiger partial charge in [-0.15, -0.1) is 0 Å². The summed E-state index contributed by atoms with van der Waals surface area (Å²) >= 11 is 0. The Bertz CT molecular complexity index is 1000. The van der Waals surface area contributed by atoms with Crippen LogP contribution in [0, 0.1) is 0 Å². The molecule has 2 aromatic heterocycles. The second kappa shape index (κ2) is 7.56. The first kappa shape index (κ1) is 16.6. The van der Waals surface area contributed by atoms with E-state index in [-0.39, 0.29) is 0 Å². The predicted molar refractivity (Wildman–Crippen MR) is 106 cm³/mol. The van der Waals surface area contributed by atoms with Crippen LogP contribution in [-0.4, -0.2) is 23.2 Å². The molecule has 0 aliphatic heterocycles. The van der Waals surface area contributed by atoms with Gasteiger partial charge in [-0.2, -0.15) is 0 Å². The Morgan fingerprint density at radius 3 is 2.62 bits per heavy atom. The number of rotatable bonds is 8. The first-order valence-electron chi connectivity index (χ1n) is 9.27. The fraction of sp³-hybridized carbons (Fsp3) is 0.273. The molecule has 2 N–H and O–H groups in total. The van der Waals surface area contributed by atoms with Crippen molar-refractivity contribution < 1.29 is 9.47 Å². The lowest BCUT2D eigenvalue weighted by Crippen LogP contribution is -2.06. The standard InChI is InChI=1S/C22H24N2O2/c1-2-4-19-21(8-5-16-9-12-24-22(16)19)26-14-3-13-25-18-6-7-20-17(15-18)10-11-23-20/h5-12,15,23-24H,2-4,13-14H2,1H3. The second-order valence-electron chi connectivity index (χ2n) is 6.51. The maximum atomic E-state index is 6.06. The lowest BCUT2D eigenvalue weighted by Gasteiger charge is -2.13. The van der Waals surface area contributed by atoms with Crippen molar-refractivity contribution in [2.45, 2.75) is 26.2 Å². The second-order valence-corrected chi connectivity index (χ2v) is 6.51. The number of aromatic amines is 2. The lowest BCUT2D eigenvalue weighted by atomic mass is 10.1. The third-order valence-corrected chi connectivity index (χ3v) is 4.63. The van der Waals surface area contributed by atoms with Gasteiger partial charge in [-0.05, 0) is 54.3 Å². The van der Waals surface area contributed by atoms with E-state index in [4.69, 9.17) is 9.47 Å². The molecule has 0 aliphatic carbocycles. The van der Waals surface area contributed by atoms with Crippen molar-refractivity contribution in [3.8, 4) is 11.5 Å². The molecule has 0 radical (unpaired) electrons. The molecule has 4 nitrogen and oxygen atoms in total. The van der Waals surface area contributed by atoms with Crippen LogP contribution in [0.15, 0.2) is 54.9 Å². The van der Waals surface area contributed by atoms with Crippen LogP contribution in [0.3, 0.4) is 0 Å². The number of aryl methyl sites for hydroxylation is 1. The number of hydrogen-bond acceptors (Lipinski definition) is 2. The van der Waals surface area contributed by atoms with Crippen molar-refractivity contribution in [1.82, 2.24) is 9.97 Å². The summed E-state index contributed by atoms with van der Waals surface area (Å²) in [6, 6.07) is 14.5. The van der Waals surface area contributed by atoms with Crippen molar-refractivity contribution in [3.05, 3.63) is 60.4 Å². The number of aromatic nitrogens is 2. The monoisotopic (exact) mass is 348 g/mol. The molecule has 0 fully saturated rings. The summed E-state index contributed by atoms with van der Waals surface area (Å²) in [6.45, 7) is 3.49. The van der Waals surface area contributed by atoms with Crippen LogP contribution < -0.4 is 9.47 Å². The summed E-state index contributed by atoms with van der Waals surface area (Å²) in [7, 11) is 0. The fourth-order valence-corrected chi connectivity index (χ4v) is 3.36. The molecule has 0 unspecified atom stereocenters. The smallest absolute Gasteiger partial charge is 0.124 e. The Kier molecular flexibility index (Phi) is 4.82. The lowest BCUT2D eigenvalue weighted by molar-refractivity contribution is 0.246. The van der Waals surface area contributed by atoms with Crippen molar-refractivity contribution in [3.63, 3.8) is 0 Å². The van der Waals surface area contributed by atoms with Gasteiger partial charge in [-0.3, -0.25) is 0 Å². The molecule has 0 aliphatic rings. The molecule has 4 rings (SSSR count).